The number of carbonyl (C=O) groups excluding carboxylic acids is 2. The van der Waals surface area contributed by atoms with Gasteiger partial charge in [-0.25, -0.2) is 4.79 Å². The zero-order chi connectivity index (χ0) is 23.1. The lowest BCUT2D eigenvalue weighted by atomic mass is 9.95. The van der Waals surface area contributed by atoms with Gasteiger partial charge in [-0.1, -0.05) is 97.1 Å². The predicted molar refractivity (Wildman–Crippen MR) is 129 cm³/mol. The minimum absolute atomic E-state index is 0.0109. The fourth-order valence-corrected chi connectivity index (χ4v) is 5.46. The van der Waals surface area contributed by atoms with Crippen LogP contribution in [0.15, 0.2) is 97.1 Å². The third-order valence-corrected chi connectivity index (χ3v) is 6.87. The molecule has 4 aromatic rings. The van der Waals surface area contributed by atoms with Crippen LogP contribution in [0.4, 0.5) is 0 Å². The van der Waals surface area contributed by atoms with Crippen molar-refractivity contribution in [3.8, 4) is 22.3 Å². The second-order valence-electron chi connectivity index (χ2n) is 8.64. The van der Waals surface area contributed by atoms with Crippen molar-refractivity contribution in [3.05, 3.63) is 119 Å². The van der Waals surface area contributed by atoms with Crippen LogP contribution in [-0.4, -0.2) is 25.2 Å². The highest BCUT2D eigenvalue weighted by Crippen LogP contribution is 2.48. The van der Waals surface area contributed by atoms with Crippen molar-refractivity contribution in [2.75, 3.05) is 6.61 Å². The minimum Gasteiger partial charge on any atom is -0.429 e. The predicted octanol–water partition coefficient (Wildman–Crippen LogP) is 5.70. The molecule has 2 aliphatic rings. The minimum atomic E-state index is -0.931. The summed E-state index contributed by atoms with van der Waals surface area (Å²) in [6.07, 6.45) is -0.731. The average Bonchev–Trinajstić information content (AvgIpc) is 3.39. The largest absolute Gasteiger partial charge is 0.429 e. The van der Waals surface area contributed by atoms with Gasteiger partial charge in [0.1, 0.15) is 0 Å². The Morgan fingerprint density at radius 3 is 1.56 bits per heavy atom. The highest BCUT2D eigenvalue weighted by molar-refractivity contribution is 6.20. The maximum Gasteiger partial charge on any atom is 0.373 e. The van der Waals surface area contributed by atoms with Gasteiger partial charge in [-0.05, 0) is 44.5 Å². The molecule has 1 unspecified atom stereocenters. The van der Waals surface area contributed by atoms with E-state index < -0.39 is 12.3 Å². The topological polar surface area (TPSA) is 52.6 Å². The first-order valence-corrected chi connectivity index (χ1v) is 11.4. The number of hydrogen-bond donors (Lipinski definition) is 0. The van der Waals surface area contributed by atoms with Crippen LogP contribution in [0.25, 0.3) is 22.3 Å². The quantitative estimate of drug-likeness (QED) is 0.165. The van der Waals surface area contributed by atoms with Gasteiger partial charge in [-0.2, -0.15) is 0 Å². The van der Waals surface area contributed by atoms with Gasteiger partial charge in [0.25, 0.3) is 0 Å². The fourth-order valence-electron chi connectivity index (χ4n) is 5.46. The molecule has 4 aromatic carbocycles. The zero-order valence-corrected chi connectivity index (χ0v) is 18.4. The van der Waals surface area contributed by atoms with E-state index in [1.54, 1.807) is 0 Å². The van der Waals surface area contributed by atoms with Gasteiger partial charge in [-0.3, -0.25) is 4.79 Å². The Labute approximate surface area is 197 Å². The Kier molecular flexibility index (Phi) is 5.08. The molecule has 0 N–H and O–H groups in total. The first-order valence-electron chi connectivity index (χ1n) is 11.4. The van der Waals surface area contributed by atoms with Crippen molar-refractivity contribution >= 4 is 12.3 Å². The number of aldehydes is 1. The molecule has 4 nitrogen and oxygen atoms in total. The van der Waals surface area contributed by atoms with Gasteiger partial charge in [-0.15, -0.1) is 0 Å². The van der Waals surface area contributed by atoms with Gasteiger partial charge in [0.15, 0.2) is 0 Å². The third-order valence-electron chi connectivity index (χ3n) is 6.87. The Morgan fingerprint density at radius 1 is 0.676 bits per heavy atom. The number of ether oxygens (including phenoxy) is 2. The van der Waals surface area contributed by atoms with E-state index in [1.165, 1.54) is 22.3 Å². The van der Waals surface area contributed by atoms with E-state index in [4.69, 9.17) is 9.47 Å². The number of hydrogen-bond acceptors (Lipinski definition) is 4. The van der Waals surface area contributed by atoms with Crippen molar-refractivity contribution in [1.82, 2.24) is 0 Å². The van der Waals surface area contributed by atoms with E-state index in [9.17, 15) is 9.59 Å². The van der Waals surface area contributed by atoms with E-state index in [2.05, 4.69) is 36.4 Å². The van der Waals surface area contributed by atoms with Crippen LogP contribution in [0.2, 0.25) is 0 Å². The van der Waals surface area contributed by atoms with E-state index >= 15 is 0 Å². The normalized spacial score (nSPS) is 14.6. The van der Waals surface area contributed by atoms with Crippen molar-refractivity contribution in [1.29, 1.82) is 0 Å². The molecule has 0 spiro atoms. The molecule has 0 aliphatic heterocycles. The van der Waals surface area contributed by atoms with Crippen LogP contribution >= 0.6 is 0 Å². The van der Waals surface area contributed by atoms with Crippen molar-refractivity contribution < 1.29 is 19.1 Å². The summed E-state index contributed by atoms with van der Waals surface area (Å²) in [6, 6.07) is 32.8. The van der Waals surface area contributed by atoms with Crippen molar-refractivity contribution in [3.63, 3.8) is 0 Å². The average molecular weight is 447 g/mol. The lowest BCUT2D eigenvalue weighted by Crippen LogP contribution is -2.30. The van der Waals surface area contributed by atoms with Gasteiger partial charge in [0, 0.05) is 5.92 Å². The summed E-state index contributed by atoms with van der Waals surface area (Å²) in [5.41, 5.74) is 9.02. The van der Waals surface area contributed by atoms with Gasteiger partial charge in [0.2, 0.25) is 12.6 Å². The molecule has 6 rings (SSSR count). The monoisotopic (exact) mass is 446 g/mol. The van der Waals surface area contributed by atoms with E-state index in [1.807, 2.05) is 60.7 Å². The Morgan fingerprint density at radius 2 is 1.09 bits per heavy atom. The third kappa shape index (κ3) is 3.27. The standard InChI is InChI=1S/C30H22O4/c31-17-28(32)34-30(29-25-15-7-5-11-21(25)22-12-6-8-16-26(22)29)33-18-27-23-13-3-1-9-19(23)20-10-2-4-14-24(20)27/h1-17,27,29-30H,18H2. The van der Waals surface area contributed by atoms with Crippen molar-refractivity contribution in [2.45, 2.75) is 18.1 Å². The number of rotatable bonds is 6. The summed E-state index contributed by atoms with van der Waals surface area (Å²) < 4.78 is 12.0. The molecule has 2 aliphatic carbocycles. The fraction of sp³-hybridized carbons (Fsp3) is 0.133. The van der Waals surface area contributed by atoms with Crippen LogP contribution in [0.5, 0.6) is 0 Å². The number of carbonyl (C=O) groups is 2. The van der Waals surface area contributed by atoms with Crippen LogP contribution in [0.3, 0.4) is 0 Å². The second kappa shape index (κ2) is 8.40. The molecule has 0 bridgehead atoms. The van der Waals surface area contributed by atoms with E-state index in [-0.39, 0.29) is 18.1 Å². The molecule has 166 valence electrons. The highest BCUT2D eigenvalue weighted by atomic mass is 16.7. The molecule has 34 heavy (non-hydrogen) atoms. The van der Waals surface area contributed by atoms with Crippen LogP contribution in [0.1, 0.15) is 34.1 Å². The lowest BCUT2D eigenvalue weighted by molar-refractivity contribution is -0.181. The molecule has 0 saturated heterocycles. The van der Waals surface area contributed by atoms with Gasteiger partial charge < -0.3 is 9.47 Å². The van der Waals surface area contributed by atoms with Gasteiger partial charge in [0.05, 0.1) is 12.5 Å². The van der Waals surface area contributed by atoms with Crippen LogP contribution in [-0.2, 0) is 19.1 Å². The van der Waals surface area contributed by atoms with E-state index in [0.717, 1.165) is 22.3 Å². The first kappa shape index (κ1) is 20.6. The maximum atomic E-state index is 12.1. The summed E-state index contributed by atoms with van der Waals surface area (Å²) >= 11 is 0. The summed E-state index contributed by atoms with van der Waals surface area (Å²) in [4.78, 5) is 23.3. The molecule has 0 amide bonds. The summed E-state index contributed by atoms with van der Waals surface area (Å²) in [6.45, 7) is 0.325. The Hall–Kier alpha value is -4.02. The van der Waals surface area contributed by atoms with E-state index in [0.29, 0.717) is 6.61 Å². The highest BCUT2D eigenvalue weighted by Gasteiger charge is 2.38. The maximum absolute atomic E-state index is 12.1. The SMILES string of the molecule is O=CC(=O)OC(OCC1c2ccccc2-c2ccccc21)C1c2ccccc2-c2ccccc21. The Balaban J connectivity index is 1.37. The van der Waals surface area contributed by atoms with Crippen LogP contribution in [0, 0.1) is 0 Å². The summed E-state index contributed by atoms with van der Waals surface area (Å²) in [7, 11) is 0. The molecular formula is C30H22O4. The zero-order valence-electron chi connectivity index (χ0n) is 18.4. The smallest absolute Gasteiger partial charge is 0.373 e. The molecule has 4 heteroatoms. The molecule has 1 atom stereocenters. The first-order chi connectivity index (χ1) is 16.8. The summed E-state index contributed by atoms with van der Waals surface area (Å²) in [5.74, 6) is -1.24. The molecule has 0 heterocycles. The molecular weight excluding hydrogens is 424 g/mol. The molecule has 0 fully saturated rings. The van der Waals surface area contributed by atoms with Gasteiger partial charge >= 0.3 is 5.97 Å². The number of benzene rings is 4. The summed E-state index contributed by atoms with van der Waals surface area (Å²) in [5, 5.41) is 0. The lowest BCUT2D eigenvalue weighted by Gasteiger charge is -2.26. The van der Waals surface area contributed by atoms with Crippen LogP contribution < -0.4 is 0 Å². The Bertz CT molecular complexity index is 1320. The molecule has 0 aromatic heterocycles. The molecule has 0 saturated carbocycles. The second-order valence-corrected chi connectivity index (χ2v) is 8.64. The van der Waals surface area contributed by atoms with Crippen molar-refractivity contribution in [2.24, 2.45) is 0 Å². The number of fused-ring (bicyclic) bond motifs is 6. The number of esters is 1. The molecule has 0 radical (unpaired) electrons.